The summed E-state index contributed by atoms with van der Waals surface area (Å²) in [5.41, 5.74) is 0.527. The van der Waals surface area contributed by atoms with Crippen LogP contribution in [0.1, 0.15) is 22.7 Å². The van der Waals surface area contributed by atoms with Crippen LogP contribution in [0.5, 0.6) is 0 Å². The molecule has 0 atom stereocenters. The zero-order valence-electron chi connectivity index (χ0n) is 6.29. The summed E-state index contributed by atoms with van der Waals surface area (Å²) >= 11 is 5.33. The lowest BCUT2D eigenvalue weighted by molar-refractivity contribution is 0.107. The normalized spacial score (nSPS) is 13.8. The Morgan fingerprint density at radius 2 is 2.42 bits per heavy atom. The second-order valence-corrected chi connectivity index (χ2v) is 2.93. The lowest BCUT2D eigenvalue weighted by atomic mass is 10.4. The van der Waals surface area contributed by atoms with E-state index in [2.05, 4.69) is 4.98 Å². The molecule has 0 saturated carbocycles. The molecule has 0 spiro atoms. The quantitative estimate of drug-likeness (QED) is 0.656. The topological polar surface area (TPSA) is 34.9 Å². The highest BCUT2D eigenvalue weighted by Crippen LogP contribution is 2.16. The number of carbonyl (C=O) groups excluding carboxylic acids is 1. The van der Waals surface area contributed by atoms with Crippen molar-refractivity contribution in [3.05, 3.63) is 17.7 Å². The minimum atomic E-state index is -0.411. The van der Waals surface area contributed by atoms with Gasteiger partial charge in [0, 0.05) is 13.0 Å². The van der Waals surface area contributed by atoms with E-state index in [9.17, 15) is 4.79 Å². The van der Waals surface area contributed by atoms with Crippen molar-refractivity contribution >= 4 is 29.3 Å². The monoisotopic (exact) mass is 206 g/mol. The summed E-state index contributed by atoms with van der Waals surface area (Å²) in [6, 6.07) is 0. The maximum atomic E-state index is 10.8. The third-order valence-corrected chi connectivity index (χ3v) is 2.12. The van der Waals surface area contributed by atoms with Gasteiger partial charge in [0.2, 0.25) is 0 Å². The van der Waals surface area contributed by atoms with E-state index in [-0.39, 0.29) is 12.4 Å². The lowest BCUT2D eigenvalue weighted by Gasteiger charge is -1.97. The standard InChI is InChI=1S/C7H7ClN2O.ClH/c8-7(11)5-4-9-6-2-1-3-10(5)6;/h4H,1-3H2;1H. The van der Waals surface area contributed by atoms with Gasteiger partial charge in [0.05, 0.1) is 6.20 Å². The van der Waals surface area contributed by atoms with E-state index in [1.165, 1.54) is 0 Å². The van der Waals surface area contributed by atoms with E-state index in [4.69, 9.17) is 11.6 Å². The highest BCUT2D eigenvalue weighted by Gasteiger charge is 2.18. The van der Waals surface area contributed by atoms with Gasteiger partial charge in [-0.3, -0.25) is 4.79 Å². The Balaban J connectivity index is 0.000000720. The Morgan fingerprint density at radius 3 is 3.08 bits per heavy atom. The molecule has 0 saturated heterocycles. The maximum absolute atomic E-state index is 10.8. The van der Waals surface area contributed by atoms with Gasteiger partial charge in [-0.2, -0.15) is 0 Å². The number of fused-ring (bicyclic) bond motifs is 1. The van der Waals surface area contributed by atoms with Gasteiger partial charge in [0.25, 0.3) is 5.24 Å². The SMILES string of the molecule is Cl.O=C(Cl)c1cnc2n1CCC2. The Bertz CT molecular complexity index is 308. The number of hydrogen-bond donors (Lipinski definition) is 0. The molecular weight excluding hydrogens is 199 g/mol. The van der Waals surface area contributed by atoms with Crippen LogP contribution >= 0.6 is 24.0 Å². The number of hydrogen-bond acceptors (Lipinski definition) is 2. The molecule has 0 N–H and O–H groups in total. The number of aryl methyl sites for hydroxylation is 1. The summed E-state index contributed by atoms with van der Waals surface area (Å²) in [7, 11) is 0. The van der Waals surface area contributed by atoms with Crippen molar-refractivity contribution in [1.82, 2.24) is 9.55 Å². The summed E-state index contributed by atoms with van der Waals surface area (Å²) in [4.78, 5) is 14.8. The summed E-state index contributed by atoms with van der Waals surface area (Å²) in [5, 5.41) is -0.411. The summed E-state index contributed by atoms with van der Waals surface area (Å²) in [6.45, 7) is 0.878. The first-order valence-electron chi connectivity index (χ1n) is 3.53. The highest BCUT2D eigenvalue weighted by atomic mass is 35.5. The van der Waals surface area contributed by atoms with Crippen LogP contribution in [0, 0.1) is 0 Å². The Hall–Kier alpha value is -0.540. The van der Waals surface area contributed by atoms with E-state index >= 15 is 0 Å². The van der Waals surface area contributed by atoms with Crippen molar-refractivity contribution in [3.63, 3.8) is 0 Å². The zero-order chi connectivity index (χ0) is 7.84. The number of imidazole rings is 1. The van der Waals surface area contributed by atoms with Gasteiger partial charge in [0.15, 0.2) is 0 Å². The maximum Gasteiger partial charge on any atom is 0.270 e. The average molecular weight is 207 g/mol. The zero-order valence-corrected chi connectivity index (χ0v) is 7.86. The van der Waals surface area contributed by atoms with Crippen molar-refractivity contribution in [2.45, 2.75) is 19.4 Å². The molecule has 0 unspecified atom stereocenters. The number of halogens is 2. The smallest absolute Gasteiger partial charge is 0.270 e. The van der Waals surface area contributed by atoms with Gasteiger partial charge in [-0.25, -0.2) is 4.98 Å². The Kier molecular flexibility index (Phi) is 2.75. The van der Waals surface area contributed by atoms with E-state index in [1.54, 1.807) is 6.20 Å². The van der Waals surface area contributed by atoms with Crippen LogP contribution in [0.25, 0.3) is 0 Å². The number of nitrogens with zero attached hydrogens (tertiary/aromatic N) is 2. The van der Waals surface area contributed by atoms with Crippen LogP contribution < -0.4 is 0 Å². The number of rotatable bonds is 1. The molecule has 5 heteroatoms. The van der Waals surface area contributed by atoms with Crippen LogP contribution in [0.4, 0.5) is 0 Å². The molecule has 0 bridgehead atoms. The molecule has 0 amide bonds. The summed E-state index contributed by atoms with van der Waals surface area (Å²) in [5.74, 6) is 0.981. The van der Waals surface area contributed by atoms with Crippen molar-refractivity contribution in [2.24, 2.45) is 0 Å². The van der Waals surface area contributed by atoms with Crippen molar-refractivity contribution < 1.29 is 4.79 Å². The third-order valence-electron chi connectivity index (χ3n) is 1.92. The molecule has 2 rings (SSSR count). The second kappa shape index (κ2) is 3.46. The molecular formula is C7H8Cl2N2O. The summed E-state index contributed by atoms with van der Waals surface area (Å²) in [6.07, 6.45) is 3.58. The van der Waals surface area contributed by atoms with Crippen LogP contribution in [0.15, 0.2) is 6.20 Å². The first-order chi connectivity index (χ1) is 5.29. The molecule has 0 radical (unpaired) electrons. The molecule has 1 aromatic rings. The lowest BCUT2D eigenvalue weighted by Crippen LogP contribution is -2.01. The first-order valence-corrected chi connectivity index (χ1v) is 3.91. The highest BCUT2D eigenvalue weighted by molar-refractivity contribution is 6.67. The van der Waals surface area contributed by atoms with Gasteiger partial charge in [-0.05, 0) is 18.0 Å². The van der Waals surface area contributed by atoms with E-state index < -0.39 is 5.24 Å². The molecule has 2 heterocycles. The molecule has 0 fully saturated rings. The Morgan fingerprint density at radius 1 is 1.67 bits per heavy atom. The molecule has 3 nitrogen and oxygen atoms in total. The minimum Gasteiger partial charge on any atom is -0.325 e. The van der Waals surface area contributed by atoms with Gasteiger partial charge >= 0.3 is 0 Å². The van der Waals surface area contributed by atoms with Crippen LogP contribution in [-0.2, 0) is 13.0 Å². The summed E-state index contributed by atoms with van der Waals surface area (Å²) < 4.78 is 1.88. The Labute approximate surface area is 81.1 Å². The molecule has 0 aliphatic carbocycles. The minimum absolute atomic E-state index is 0. The number of carbonyl (C=O) groups is 1. The fraction of sp³-hybridized carbons (Fsp3) is 0.429. The van der Waals surface area contributed by atoms with Gasteiger partial charge in [0.1, 0.15) is 11.5 Å². The van der Waals surface area contributed by atoms with Crippen LogP contribution in [0.2, 0.25) is 0 Å². The van der Waals surface area contributed by atoms with Crippen LogP contribution in [-0.4, -0.2) is 14.8 Å². The molecule has 0 aromatic carbocycles. The van der Waals surface area contributed by atoms with Crippen molar-refractivity contribution in [2.75, 3.05) is 0 Å². The molecule has 1 aliphatic heterocycles. The van der Waals surface area contributed by atoms with E-state index in [0.29, 0.717) is 5.69 Å². The molecule has 66 valence electrons. The second-order valence-electron chi connectivity index (χ2n) is 2.59. The van der Waals surface area contributed by atoms with Crippen molar-refractivity contribution in [3.8, 4) is 0 Å². The predicted molar refractivity (Wildman–Crippen MR) is 48.0 cm³/mol. The van der Waals surface area contributed by atoms with E-state index in [1.807, 2.05) is 4.57 Å². The first kappa shape index (κ1) is 9.55. The fourth-order valence-corrected chi connectivity index (χ4v) is 1.57. The third kappa shape index (κ3) is 1.34. The molecule has 12 heavy (non-hydrogen) atoms. The largest absolute Gasteiger partial charge is 0.325 e. The molecule has 1 aromatic heterocycles. The molecule has 1 aliphatic rings. The van der Waals surface area contributed by atoms with Gasteiger partial charge in [-0.1, -0.05) is 0 Å². The average Bonchev–Trinajstić information content (AvgIpc) is 2.41. The van der Waals surface area contributed by atoms with Gasteiger partial charge < -0.3 is 4.57 Å². The van der Waals surface area contributed by atoms with Gasteiger partial charge in [-0.15, -0.1) is 12.4 Å². The van der Waals surface area contributed by atoms with Crippen LogP contribution in [0.3, 0.4) is 0 Å². The van der Waals surface area contributed by atoms with E-state index in [0.717, 1.165) is 25.2 Å². The number of aromatic nitrogens is 2. The fourth-order valence-electron chi connectivity index (χ4n) is 1.42. The van der Waals surface area contributed by atoms with Crippen molar-refractivity contribution in [1.29, 1.82) is 0 Å². The predicted octanol–water partition coefficient (Wildman–Crippen LogP) is 1.63.